The SMILES string of the molecule is CC(OC(=O)c1ccc(S(=O)(=O)N2CCCCCC2)cc1)C(=O)Nc1ccc(Oc2ccccc2)cc1. The Bertz CT molecular complexity index is 1300. The first kappa shape index (κ1) is 26.4. The van der Waals surface area contributed by atoms with Crippen molar-refractivity contribution in [3.63, 3.8) is 0 Å². The van der Waals surface area contributed by atoms with Crippen LogP contribution in [0, 0.1) is 0 Å². The molecule has 1 fully saturated rings. The molecule has 4 rings (SSSR count). The van der Waals surface area contributed by atoms with E-state index in [0.29, 0.717) is 30.3 Å². The van der Waals surface area contributed by atoms with E-state index in [1.165, 1.54) is 35.5 Å². The number of nitrogens with zero attached hydrogens (tertiary/aromatic N) is 1. The molecule has 3 aromatic carbocycles. The highest BCUT2D eigenvalue weighted by molar-refractivity contribution is 7.89. The number of carbonyl (C=O) groups excluding carboxylic acids is 2. The summed E-state index contributed by atoms with van der Waals surface area (Å²) in [4.78, 5) is 25.2. The predicted molar refractivity (Wildman–Crippen MR) is 140 cm³/mol. The molecule has 0 aromatic heterocycles. The summed E-state index contributed by atoms with van der Waals surface area (Å²) in [5.41, 5.74) is 0.688. The third kappa shape index (κ3) is 6.96. The van der Waals surface area contributed by atoms with E-state index in [9.17, 15) is 18.0 Å². The standard InChI is InChI=1S/C28H30N2O6S/c1-21(27(31)29-23-13-15-25(16-14-23)36-24-9-5-4-6-10-24)35-28(32)22-11-17-26(18-12-22)37(33,34)30-19-7-2-3-8-20-30/h4-6,9-18,21H,2-3,7-8,19-20H2,1H3,(H,29,31). The van der Waals surface area contributed by atoms with Crippen LogP contribution < -0.4 is 10.1 Å². The molecule has 0 bridgehead atoms. The highest BCUT2D eigenvalue weighted by Crippen LogP contribution is 2.23. The van der Waals surface area contributed by atoms with Gasteiger partial charge in [0.2, 0.25) is 10.0 Å². The van der Waals surface area contributed by atoms with E-state index < -0.39 is 28.0 Å². The molecular weight excluding hydrogens is 492 g/mol. The number of carbonyl (C=O) groups is 2. The van der Waals surface area contributed by atoms with Gasteiger partial charge in [-0.3, -0.25) is 4.79 Å². The molecule has 0 spiro atoms. The molecule has 8 nitrogen and oxygen atoms in total. The van der Waals surface area contributed by atoms with Gasteiger partial charge >= 0.3 is 5.97 Å². The number of esters is 1. The molecule has 3 aromatic rings. The lowest BCUT2D eigenvalue weighted by Gasteiger charge is -2.20. The molecular formula is C28H30N2O6S. The lowest BCUT2D eigenvalue weighted by Crippen LogP contribution is -2.32. The van der Waals surface area contributed by atoms with E-state index in [1.807, 2.05) is 30.3 Å². The first-order valence-electron chi connectivity index (χ1n) is 12.3. The van der Waals surface area contributed by atoms with Crippen molar-refractivity contribution in [3.8, 4) is 11.5 Å². The number of para-hydroxylation sites is 1. The van der Waals surface area contributed by atoms with Gasteiger partial charge in [0.25, 0.3) is 5.91 Å². The largest absolute Gasteiger partial charge is 0.457 e. The lowest BCUT2D eigenvalue weighted by atomic mass is 10.2. The smallest absolute Gasteiger partial charge is 0.338 e. The Labute approximate surface area is 217 Å². The molecule has 1 unspecified atom stereocenters. The van der Waals surface area contributed by atoms with Gasteiger partial charge in [-0.25, -0.2) is 13.2 Å². The number of hydrogen-bond donors (Lipinski definition) is 1. The van der Waals surface area contributed by atoms with Crippen molar-refractivity contribution in [2.45, 2.75) is 43.6 Å². The van der Waals surface area contributed by atoms with Gasteiger partial charge in [0.1, 0.15) is 11.5 Å². The van der Waals surface area contributed by atoms with E-state index in [-0.39, 0.29) is 10.5 Å². The fourth-order valence-corrected chi connectivity index (χ4v) is 5.47. The van der Waals surface area contributed by atoms with Crippen LogP contribution >= 0.6 is 0 Å². The molecule has 1 atom stereocenters. The number of sulfonamides is 1. The third-order valence-electron chi connectivity index (χ3n) is 6.05. The molecule has 0 radical (unpaired) electrons. The topological polar surface area (TPSA) is 102 Å². The maximum absolute atomic E-state index is 12.9. The summed E-state index contributed by atoms with van der Waals surface area (Å²) in [5, 5.41) is 2.70. The number of benzene rings is 3. The second kappa shape index (κ2) is 12.0. The van der Waals surface area contributed by atoms with Gasteiger partial charge in [-0.1, -0.05) is 31.0 Å². The highest BCUT2D eigenvalue weighted by atomic mass is 32.2. The average molecular weight is 523 g/mol. The Morgan fingerprint density at radius 1 is 0.811 bits per heavy atom. The van der Waals surface area contributed by atoms with Crippen molar-refractivity contribution in [2.24, 2.45) is 0 Å². The van der Waals surface area contributed by atoms with Crippen molar-refractivity contribution >= 4 is 27.6 Å². The Hall–Kier alpha value is -3.69. The van der Waals surface area contributed by atoms with Crippen LogP contribution in [0.25, 0.3) is 0 Å². The molecule has 1 amide bonds. The second-order valence-electron chi connectivity index (χ2n) is 8.82. The third-order valence-corrected chi connectivity index (χ3v) is 7.96. The summed E-state index contributed by atoms with van der Waals surface area (Å²) >= 11 is 0. The maximum atomic E-state index is 12.9. The molecule has 37 heavy (non-hydrogen) atoms. The van der Waals surface area contributed by atoms with Crippen molar-refractivity contribution in [3.05, 3.63) is 84.4 Å². The molecule has 9 heteroatoms. The zero-order chi connectivity index (χ0) is 26.3. The molecule has 0 saturated carbocycles. The summed E-state index contributed by atoms with van der Waals surface area (Å²) < 4.78 is 38.4. The van der Waals surface area contributed by atoms with Gasteiger partial charge < -0.3 is 14.8 Å². The Kier molecular flexibility index (Phi) is 8.58. The summed E-state index contributed by atoms with van der Waals surface area (Å²) in [6.45, 7) is 2.47. The fraction of sp³-hybridized carbons (Fsp3) is 0.286. The van der Waals surface area contributed by atoms with Gasteiger partial charge in [0.15, 0.2) is 6.10 Å². The molecule has 0 aliphatic carbocycles. The Balaban J connectivity index is 1.31. The minimum absolute atomic E-state index is 0.136. The van der Waals surface area contributed by atoms with Gasteiger partial charge in [-0.05, 0) is 80.4 Å². The van der Waals surface area contributed by atoms with Gasteiger partial charge in [0.05, 0.1) is 10.5 Å². The van der Waals surface area contributed by atoms with E-state index in [2.05, 4.69) is 5.32 Å². The van der Waals surface area contributed by atoms with E-state index in [0.717, 1.165) is 25.7 Å². The number of nitrogens with one attached hydrogen (secondary N) is 1. The van der Waals surface area contributed by atoms with Crippen molar-refractivity contribution < 1.29 is 27.5 Å². The maximum Gasteiger partial charge on any atom is 0.338 e. The monoisotopic (exact) mass is 522 g/mol. The van der Waals surface area contributed by atoms with Crippen LogP contribution in [0.15, 0.2) is 83.8 Å². The summed E-state index contributed by atoms with van der Waals surface area (Å²) in [7, 11) is -3.61. The summed E-state index contributed by atoms with van der Waals surface area (Å²) in [5.74, 6) is 0.107. The normalized spacial score (nSPS) is 15.3. The van der Waals surface area contributed by atoms with Gasteiger partial charge in [-0.15, -0.1) is 0 Å². The van der Waals surface area contributed by atoms with Crippen LogP contribution in [0.2, 0.25) is 0 Å². The zero-order valence-electron chi connectivity index (χ0n) is 20.6. The van der Waals surface area contributed by atoms with Gasteiger partial charge in [-0.2, -0.15) is 4.31 Å². The van der Waals surface area contributed by atoms with Crippen LogP contribution in [0.5, 0.6) is 11.5 Å². The molecule has 194 valence electrons. The molecule has 1 saturated heterocycles. The molecule has 1 N–H and O–H groups in total. The average Bonchev–Trinajstić information content (AvgIpc) is 3.21. The minimum atomic E-state index is -3.61. The van der Waals surface area contributed by atoms with Crippen LogP contribution in [0.3, 0.4) is 0 Å². The number of anilines is 1. The first-order chi connectivity index (χ1) is 17.8. The Morgan fingerprint density at radius 2 is 1.41 bits per heavy atom. The van der Waals surface area contributed by atoms with Crippen molar-refractivity contribution in [1.29, 1.82) is 0 Å². The number of hydrogen-bond acceptors (Lipinski definition) is 6. The number of amides is 1. The molecule has 1 aliphatic rings. The predicted octanol–water partition coefficient (Wildman–Crippen LogP) is 5.23. The zero-order valence-corrected chi connectivity index (χ0v) is 21.4. The van der Waals surface area contributed by atoms with E-state index in [1.54, 1.807) is 24.3 Å². The quantitative estimate of drug-likeness (QED) is 0.407. The number of rotatable bonds is 8. The van der Waals surface area contributed by atoms with Crippen molar-refractivity contribution in [2.75, 3.05) is 18.4 Å². The van der Waals surface area contributed by atoms with Gasteiger partial charge in [0, 0.05) is 18.8 Å². The molecule has 1 heterocycles. The highest BCUT2D eigenvalue weighted by Gasteiger charge is 2.26. The van der Waals surface area contributed by atoms with Crippen LogP contribution in [0.4, 0.5) is 5.69 Å². The van der Waals surface area contributed by atoms with Crippen LogP contribution in [-0.2, 0) is 19.6 Å². The van der Waals surface area contributed by atoms with Crippen LogP contribution in [0.1, 0.15) is 43.0 Å². The van der Waals surface area contributed by atoms with E-state index >= 15 is 0 Å². The number of ether oxygens (including phenoxy) is 2. The minimum Gasteiger partial charge on any atom is -0.457 e. The second-order valence-corrected chi connectivity index (χ2v) is 10.8. The lowest BCUT2D eigenvalue weighted by molar-refractivity contribution is -0.123. The molecule has 1 aliphatic heterocycles. The fourth-order valence-electron chi connectivity index (χ4n) is 3.95. The van der Waals surface area contributed by atoms with Crippen molar-refractivity contribution in [1.82, 2.24) is 4.31 Å². The summed E-state index contributed by atoms with van der Waals surface area (Å²) in [6, 6.07) is 21.8. The Morgan fingerprint density at radius 3 is 2.03 bits per heavy atom. The first-order valence-corrected chi connectivity index (χ1v) is 13.7. The van der Waals surface area contributed by atoms with E-state index in [4.69, 9.17) is 9.47 Å². The summed E-state index contributed by atoms with van der Waals surface area (Å²) in [6.07, 6.45) is 2.67. The van der Waals surface area contributed by atoms with Crippen LogP contribution in [-0.4, -0.2) is 43.8 Å².